The molecule has 1 saturated heterocycles. The van der Waals surface area contributed by atoms with Crippen LogP contribution >= 0.6 is 11.5 Å². The van der Waals surface area contributed by atoms with Crippen molar-refractivity contribution in [3.8, 4) is 0 Å². The first kappa shape index (κ1) is 17.9. The average molecular weight is 359 g/mol. The maximum atomic E-state index is 12.5. The van der Waals surface area contributed by atoms with Gasteiger partial charge in [0.1, 0.15) is 11.9 Å². The third-order valence-corrected chi connectivity index (χ3v) is 5.53. The van der Waals surface area contributed by atoms with Crippen LogP contribution in [-0.2, 0) is 11.2 Å². The standard InChI is InChI=1S/C19H26N4OS/c1-4-14(3)20-18(24)16-6-5-11-23(16)19-21-17(22-25-19)12-15-9-7-13(2)8-10-15/h7-10,14,16H,4-6,11-12H2,1-3H3,(H,20,24). The van der Waals surface area contributed by atoms with E-state index in [0.29, 0.717) is 0 Å². The summed E-state index contributed by atoms with van der Waals surface area (Å²) in [4.78, 5) is 19.3. The first-order chi connectivity index (χ1) is 12.1. The molecule has 2 unspecified atom stereocenters. The van der Waals surface area contributed by atoms with E-state index in [9.17, 15) is 4.79 Å². The molecular weight excluding hydrogens is 332 g/mol. The van der Waals surface area contributed by atoms with E-state index in [1.165, 1.54) is 22.7 Å². The molecule has 2 heterocycles. The van der Waals surface area contributed by atoms with Crippen LogP contribution < -0.4 is 10.2 Å². The van der Waals surface area contributed by atoms with Gasteiger partial charge in [0.05, 0.1) is 0 Å². The van der Waals surface area contributed by atoms with Crippen LogP contribution in [0.5, 0.6) is 0 Å². The molecule has 1 aromatic carbocycles. The van der Waals surface area contributed by atoms with Crippen LogP contribution in [0.15, 0.2) is 24.3 Å². The smallest absolute Gasteiger partial charge is 0.242 e. The lowest BCUT2D eigenvalue weighted by Gasteiger charge is -2.24. The Bertz CT molecular complexity index is 712. The molecule has 2 atom stereocenters. The minimum Gasteiger partial charge on any atom is -0.352 e. The predicted octanol–water partition coefficient (Wildman–Crippen LogP) is 3.32. The number of hydrogen-bond acceptors (Lipinski definition) is 5. The second-order valence-electron chi connectivity index (χ2n) is 6.82. The van der Waals surface area contributed by atoms with Crippen molar-refractivity contribution in [3.63, 3.8) is 0 Å². The number of rotatable bonds is 6. The molecule has 1 amide bonds. The number of aryl methyl sites for hydroxylation is 1. The van der Waals surface area contributed by atoms with Gasteiger partial charge in [-0.15, -0.1) is 0 Å². The Labute approximate surface area is 153 Å². The van der Waals surface area contributed by atoms with Gasteiger partial charge in [-0.25, -0.2) is 4.98 Å². The third kappa shape index (κ3) is 4.37. The minimum atomic E-state index is -0.117. The predicted molar refractivity (Wildman–Crippen MR) is 102 cm³/mol. The number of carbonyl (C=O) groups is 1. The number of nitrogens with one attached hydrogen (secondary N) is 1. The zero-order valence-electron chi connectivity index (χ0n) is 15.2. The monoisotopic (exact) mass is 358 g/mol. The van der Waals surface area contributed by atoms with Crippen molar-refractivity contribution in [2.24, 2.45) is 0 Å². The Balaban J connectivity index is 1.68. The van der Waals surface area contributed by atoms with E-state index in [4.69, 9.17) is 4.98 Å². The molecule has 1 aliphatic rings. The highest BCUT2D eigenvalue weighted by atomic mass is 32.1. The summed E-state index contributed by atoms with van der Waals surface area (Å²) in [5.74, 6) is 0.943. The van der Waals surface area contributed by atoms with Gasteiger partial charge in [-0.1, -0.05) is 36.8 Å². The van der Waals surface area contributed by atoms with Crippen LogP contribution in [0, 0.1) is 6.92 Å². The quantitative estimate of drug-likeness (QED) is 0.861. The van der Waals surface area contributed by atoms with E-state index in [1.807, 2.05) is 6.92 Å². The topological polar surface area (TPSA) is 58.1 Å². The summed E-state index contributed by atoms with van der Waals surface area (Å²) in [5.41, 5.74) is 2.46. The molecule has 0 bridgehead atoms. The molecule has 2 aromatic rings. The molecule has 1 N–H and O–H groups in total. The molecule has 0 saturated carbocycles. The largest absolute Gasteiger partial charge is 0.352 e. The van der Waals surface area contributed by atoms with Crippen molar-refractivity contribution in [3.05, 3.63) is 41.2 Å². The highest BCUT2D eigenvalue weighted by Crippen LogP contribution is 2.28. The van der Waals surface area contributed by atoms with Crippen LogP contribution in [0.2, 0.25) is 0 Å². The van der Waals surface area contributed by atoms with E-state index >= 15 is 0 Å². The van der Waals surface area contributed by atoms with Crippen molar-refractivity contribution in [2.75, 3.05) is 11.4 Å². The Morgan fingerprint density at radius 1 is 1.40 bits per heavy atom. The second-order valence-corrected chi connectivity index (χ2v) is 7.56. The van der Waals surface area contributed by atoms with Crippen LogP contribution in [0.1, 0.15) is 50.1 Å². The lowest BCUT2D eigenvalue weighted by atomic mass is 10.1. The van der Waals surface area contributed by atoms with E-state index in [2.05, 4.69) is 52.7 Å². The zero-order valence-corrected chi connectivity index (χ0v) is 16.0. The van der Waals surface area contributed by atoms with Crippen LogP contribution in [-0.4, -0.2) is 33.9 Å². The third-order valence-electron chi connectivity index (χ3n) is 4.74. The Morgan fingerprint density at radius 2 is 2.16 bits per heavy atom. The van der Waals surface area contributed by atoms with Gasteiger partial charge < -0.3 is 10.2 Å². The normalized spacial score (nSPS) is 18.4. The second kappa shape index (κ2) is 7.95. The maximum Gasteiger partial charge on any atom is 0.242 e. The van der Waals surface area contributed by atoms with E-state index in [0.717, 1.165) is 43.2 Å². The van der Waals surface area contributed by atoms with Gasteiger partial charge in [0.15, 0.2) is 0 Å². The fourth-order valence-corrected chi connectivity index (χ4v) is 3.79. The van der Waals surface area contributed by atoms with Gasteiger partial charge in [-0.3, -0.25) is 4.79 Å². The lowest BCUT2D eigenvalue weighted by molar-refractivity contribution is -0.122. The van der Waals surface area contributed by atoms with Gasteiger partial charge in [0.2, 0.25) is 11.0 Å². The summed E-state index contributed by atoms with van der Waals surface area (Å²) in [5, 5.41) is 3.96. The highest BCUT2D eigenvalue weighted by molar-refractivity contribution is 7.09. The Kier molecular flexibility index (Phi) is 5.68. The molecule has 0 spiro atoms. The van der Waals surface area contributed by atoms with Crippen molar-refractivity contribution in [1.82, 2.24) is 14.7 Å². The molecule has 1 aliphatic heterocycles. The summed E-state index contributed by atoms with van der Waals surface area (Å²) in [6.45, 7) is 7.08. The number of nitrogens with zero attached hydrogens (tertiary/aromatic N) is 3. The van der Waals surface area contributed by atoms with Crippen molar-refractivity contribution in [2.45, 2.75) is 58.5 Å². The number of benzene rings is 1. The molecule has 0 radical (unpaired) electrons. The summed E-state index contributed by atoms with van der Waals surface area (Å²) >= 11 is 1.40. The van der Waals surface area contributed by atoms with Gasteiger partial charge in [0.25, 0.3) is 0 Å². The van der Waals surface area contributed by atoms with Crippen LogP contribution in [0.4, 0.5) is 5.13 Å². The molecule has 134 valence electrons. The van der Waals surface area contributed by atoms with Gasteiger partial charge >= 0.3 is 0 Å². The fourth-order valence-electron chi connectivity index (χ4n) is 3.03. The zero-order chi connectivity index (χ0) is 17.8. The average Bonchev–Trinajstić information content (AvgIpc) is 3.25. The minimum absolute atomic E-state index is 0.113. The van der Waals surface area contributed by atoms with Crippen LogP contribution in [0.25, 0.3) is 0 Å². The Morgan fingerprint density at radius 3 is 2.88 bits per heavy atom. The molecule has 3 rings (SSSR count). The van der Waals surface area contributed by atoms with Crippen LogP contribution in [0.3, 0.4) is 0 Å². The van der Waals surface area contributed by atoms with E-state index in [1.54, 1.807) is 0 Å². The summed E-state index contributed by atoms with van der Waals surface area (Å²) in [7, 11) is 0. The molecular formula is C19H26N4OS. The number of aromatic nitrogens is 2. The maximum absolute atomic E-state index is 12.5. The van der Waals surface area contributed by atoms with E-state index < -0.39 is 0 Å². The van der Waals surface area contributed by atoms with Crippen molar-refractivity contribution in [1.29, 1.82) is 0 Å². The first-order valence-corrected chi connectivity index (χ1v) is 9.79. The van der Waals surface area contributed by atoms with Crippen molar-refractivity contribution >= 4 is 22.6 Å². The first-order valence-electron chi connectivity index (χ1n) is 9.02. The number of carbonyl (C=O) groups excluding carboxylic acids is 1. The van der Waals surface area contributed by atoms with Gasteiger partial charge in [-0.05, 0) is 38.7 Å². The van der Waals surface area contributed by atoms with Gasteiger partial charge in [0, 0.05) is 30.5 Å². The highest BCUT2D eigenvalue weighted by Gasteiger charge is 2.33. The number of anilines is 1. The SMILES string of the molecule is CCC(C)NC(=O)C1CCCN1c1nc(Cc2ccc(C)cc2)ns1. The number of amides is 1. The summed E-state index contributed by atoms with van der Waals surface area (Å²) in [6.07, 6.45) is 3.58. The molecule has 0 aliphatic carbocycles. The molecule has 6 heteroatoms. The fraction of sp³-hybridized carbons (Fsp3) is 0.526. The molecule has 1 aromatic heterocycles. The van der Waals surface area contributed by atoms with Crippen molar-refractivity contribution < 1.29 is 4.79 Å². The summed E-state index contributed by atoms with van der Waals surface area (Å²) < 4.78 is 4.51. The molecule has 1 fully saturated rings. The molecule has 25 heavy (non-hydrogen) atoms. The summed E-state index contributed by atoms with van der Waals surface area (Å²) in [6, 6.07) is 8.55. The number of hydrogen-bond donors (Lipinski definition) is 1. The van der Waals surface area contributed by atoms with E-state index in [-0.39, 0.29) is 18.0 Å². The molecule has 5 nitrogen and oxygen atoms in total. The Hall–Kier alpha value is -1.95. The van der Waals surface area contributed by atoms with Gasteiger partial charge in [-0.2, -0.15) is 4.37 Å². The lowest BCUT2D eigenvalue weighted by Crippen LogP contribution is -2.46.